The zero-order valence-electron chi connectivity index (χ0n) is 12.0. The predicted molar refractivity (Wildman–Crippen MR) is 70.9 cm³/mol. The molecule has 22 heavy (non-hydrogen) atoms. The number of hydrogen-bond donors (Lipinski definition) is 1. The van der Waals surface area contributed by atoms with Crippen LogP contribution in [0.4, 0.5) is 19.0 Å². The molecule has 1 unspecified atom stereocenters. The lowest BCUT2D eigenvalue weighted by Crippen LogP contribution is -2.69. The molecule has 0 radical (unpaired) electrons. The monoisotopic (exact) mass is 315 g/mol. The maximum Gasteiger partial charge on any atom is 0.434 e. The molecule has 2 fully saturated rings. The van der Waals surface area contributed by atoms with Crippen molar-refractivity contribution in [3.63, 3.8) is 0 Å². The summed E-state index contributed by atoms with van der Waals surface area (Å²) in [5.41, 5.74) is -2.30. The molecule has 0 amide bonds. The molecule has 1 spiro atoms. The molecule has 120 valence electrons. The van der Waals surface area contributed by atoms with Gasteiger partial charge in [0, 0.05) is 5.41 Å². The molecule has 1 N–H and O–H groups in total. The Kier molecular flexibility index (Phi) is 3.30. The molecular weight excluding hydrogens is 299 g/mol. The number of aromatic nitrogens is 2. The molecule has 0 aromatic carbocycles. The van der Waals surface area contributed by atoms with Gasteiger partial charge in [-0.25, -0.2) is 9.78 Å². The molecule has 2 aliphatic rings. The summed E-state index contributed by atoms with van der Waals surface area (Å²) >= 11 is 0. The van der Waals surface area contributed by atoms with Crippen molar-refractivity contribution in [3.05, 3.63) is 18.1 Å². The lowest BCUT2D eigenvalue weighted by molar-refractivity contribution is -0.167. The molecule has 0 bridgehead atoms. The van der Waals surface area contributed by atoms with Crippen LogP contribution in [-0.2, 0) is 15.7 Å². The second kappa shape index (κ2) is 4.82. The van der Waals surface area contributed by atoms with E-state index in [9.17, 15) is 18.0 Å². The second-order valence-corrected chi connectivity index (χ2v) is 5.94. The zero-order valence-corrected chi connectivity index (χ0v) is 12.0. The van der Waals surface area contributed by atoms with E-state index in [2.05, 4.69) is 15.3 Å². The number of nitrogens with one attached hydrogen (secondary N) is 1. The van der Waals surface area contributed by atoms with Crippen molar-refractivity contribution in [3.8, 4) is 0 Å². The van der Waals surface area contributed by atoms with Crippen molar-refractivity contribution < 1.29 is 22.7 Å². The van der Waals surface area contributed by atoms with Gasteiger partial charge >= 0.3 is 12.1 Å². The summed E-state index contributed by atoms with van der Waals surface area (Å²) in [6.07, 6.45) is 1.41. The van der Waals surface area contributed by atoms with E-state index in [0.717, 1.165) is 25.7 Å². The van der Waals surface area contributed by atoms with E-state index in [1.54, 1.807) is 0 Å². The van der Waals surface area contributed by atoms with E-state index in [4.69, 9.17) is 4.74 Å². The van der Waals surface area contributed by atoms with Gasteiger partial charge in [0.25, 0.3) is 0 Å². The van der Waals surface area contributed by atoms with E-state index in [1.165, 1.54) is 13.3 Å². The average Bonchev–Trinajstić information content (AvgIpc) is 2.40. The molecule has 2 saturated carbocycles. The second-order valence-electron chi connectivity index (χ2n) is 5.94. The van der Waals surface area contributed by atoms with Gasteiger partial charge in [-0.1, -0.05) is 6.42 Å². The zero-order chi connectivity index (χ0) is 16.0. The van der Waals surface area contributed by atoms with Crippen LogP contribution in [-0.4, -0.2) is 28.6 Å². The minimum Gasteiger partial charge on any atom is -0.467 e. The van der Waals surface area contributed by atoms with Crippen LogP contribution in [0.3, 0.4) is 0 Å². The number of halogens is 3. The molecule has 3 rings (SSSR count). The summed E-state index contributed by atoms with van der Waals surface area (Å²) < 4.78 is 43.1. The molecule has 8 heteroatoms. The molecule has 0 aliphatic heterocycles. The highest BCUT2D eigenvalue weighted by atomic mass is 19.4. The first-order chi connectivity index (χ1) is 10.3. The van der Waals surface area contributed by atoms with Crippen LogP contribution in [0.25, 0.3) is 0 Å². The van der Waals surface area contributed by atoms with Gasteiger partial charge < -0.3 is 10.1 Å². The third kappa shape index (κ3) is 2.04. The molecule has 1 aromatic heterocycles. The number of alkyl halides is 3. The van der Waals surface area contributed by atoms with Gasteiger partial charge in [-0.2, -0.15) is 13.2 Å². The molecule has 1 aromatic rings. The van der Waals surface area contributed by atoms with Crippen molar-refractivity contribution in [2.75, 3.05) is 12.4 Å². The van der Waals surface area contributed by atoms with Gasteiger partial charge in [0.05, 0.1) is 19.5 Å². The number of ether oxygens (including phenoxy) is 1. The Labute approximate surface area is 125 Å². The number of hydrogen-bond acceptors (Lipinski definition) is 5. The summed E-state index contributed by atoms with van der Waals surface area (Å²) in [6.45, 7) is 0. The summed E-state index contributed by atoms with van der Waals surface area (Å²) in [4.78, 5) is 19.4. The van der Waals surface area contributed by atoms with Gasteiger partial charge in [0.15, 0.2) is 5.69 Å². The number of carbonyl (C=O) groups is 1. The number of anilines is 1. The Morgan fingerprint density at radius 1 is 1.27 bits per heavy atom. The Morgan fingerprint density at radius 3 is 2.45 bits per heavy atom. The first-order valence-corrected chi connectivity index (χ1v) is 7.09. The minimum atomic E-state index is -4.57. The van der Waals surface area contributed by atoms with Gasteiger partial charge in [0.1, 0.15) is 11.4 Å². The van der Waals surface area contributed by atoms with Crippen LogP contribution in [0.5, 0.6) is 0 Å². The fourth-order valence-electron chi connectivity index (χ4n) is 3.53. The molecule has 1 heterocycles. The largest absolute Gasteiger partial charge is 0.467 e. The Balaban J connectivity index is 1.91. The molecule has 1 atom stereocenters. The van der Waals surface area contributed by atoms with Crippen LogP contribution in [0, 0.1) is 5.41 Å². The molecule has 0 saturated heterocycles. The van der Waals surface area contributed by atoms with Crippen molar-refractivity contribution in [1.29, 1.82) is 0 Å². The third-order valence-electron chi connectivity index (χ3n) is 4.99. The summed E-state index contributed by atoms with van der Waals surface area (Å²) in [6, 6.07) is 0. The Hall–Kier alpha value is -1.86. The van der Waals surface area contributed by atoms with E-state index in [1.807, 2.05) is 0 Å². The normalized spacial score (nSPS) is 26.0. The highest BCUT2D eigenvalue weighted by molar-refractivity contribution is 5.87. The van der Waals surface area contributed by atoms with E-state index in [-0.39, 0.29) is 11.2 Å². The lowest BCUT2D eigenvalue weighted by atomic mass is 9.45. The van der Waals surface area contributed by atoms with Gasteiger partial charge in [-0.05, 0) is 25.7 Å². The third-order valence-corrected chi connectivity index (χ3v) is 4.99. The van der Waals surface area contributed by atoms with Gasteiger partial charge in [-0.15, -0.1) is 0 Å². The molecule has 2 aliphatic carbocycles. The highest BCUT2D eigenvalue weighted by Gasteiger charge is 2.66. The van der Waals surface area contributed by atoms with Crippen LogP contribution in [0.1, 0.15) is 37.8 Å². The fraction of sp³-hybridized carbons (Fsp3) is 0.643. The maximum atomic E-state index is 12.7. The van der Waals surface area contributed by atoms with Crippen LogP contribution in [0.2, 0.25) is 0 Å². The Morgan fingerprint density at radius 2 is 2.00 bits per heavy atom. The number of rotatable bonds is 3. The predicted octanol–water partition coefficient (Wildman–Crippen LogP) is 2.78. The minimum absolute atomic E-state index is 0.0498. The van der Waals surface area contributed by atoms with Crippen molar-refractivity contribution in [2.45, 2.75) is 43.8 Å². The van der Waals surface area contributed by atoms with Crippen LogP contribution in [0.15, 0.2) is 12.4 Å². The first kappa shape index (κ1) is 15.1. The van der Waals surface area contributed by atoms with Gasteiger partial charge in [0.2, 0.25) is 0 Å². The molecular formula is C14H16F3N3O2. The van der Waals surface area contributed by atoms with Crippen molar-refractivity contribution in [2.24, 2.45) is 5.41 Å². The van der Waals surface area contributed by atoms with Crippen molar-refractivity contribution in [1.82, 2.24) is 9.97 Å². The quantitative estimate of drug-likeness (QED) is 0.869. The summed E-state index contributed by atoms with van der Waals surface area (Å²) in [5.74, 6) is -0.496. The maximum absolute atomic E-state index is 12.7. The van der Waals surface area contributed by atoms with E-state index >= 15 is 0 Å². The first-order valence-electron chi connectivity index (χ1n) is 7.09. The van der Waals surface area contributed by atoms with Crippen LogP contribution < -0.4 is 5.32 Å². The topological polar surface area (TPSA) is 64.1 Å². The smallest absolute Gasteiger partial charge is 0.434 e. The number of nitrogens with zero attached hydrogens (tertiary/aromatic N) is 2. The summed E-state index contributed by atoms with van der Waals surface area (Å²) in [5, 5.41) is 2.90. The summed E-state index contributed by atoms with van der Waals surface area (Å²) in [7, 11) is 1.29. The standard InChI is InChI=1S/C14H16F3N3O2/c1-22-11(21)13(6-5-12(13)3-2-4-12)20-10-8-18-7-9(19-10)14(15,16)17/h7-8H,2-6H2,1H3,(H,19,20). The lowest BCUT2D eigenvalue weighted by Gasteiger charge is -2.62. The number of methoxy groups -OCH3 is 1. The Bertz CT molecular complexity index is 596. The fourth-order valence-corrected chi connectivity index (χ4v) is 3.53. The van der Waals surface area contributed by atoms with E-state index in [0.29, 0.717) is 12.6 Å². The molecule has 5 nitrogen and oxygen atoms in total. The highest BCUT2D eigenvalue weighted by Crippen LogP contribution is 2.63. The average molecular weight is 315 g/mol. The van der Waals surface area contributed by atoms with E-state index < -0.39 is 23.4 Å². The SMILES string of the molecule is COC(=O)C1(Nc2cncc(C(F)(F)F)n2)CCC12CCC2. The number of carbonyl (C=O) groups excluding carboxylic acids is 1. The number of esters is 1. The van der Waals surface area contributed by atoms with Crippen LogP contribution >= 0.6 is 0 Å². The van der Waals surface area contributed by atoms with Crippen molar-refractivity contribution >= 4 is 11.8 Å². The van der Waals surface area contributed by atoms with Gasteiger partial charge in [-0.3, -0.25) is 4.98 Å².